The number of hydrogen-bond donors (Lipinski definition) is 0. The third-order valence-electron chi connectivity index (χ3n) is 2.18. The summed E-state index contributed by atoms with van der Waals surface area (Å²) in [6, 6.07) is 5.93. The molecule has 0 aliphatic carbocycles. The van der Waals surface area contributed by atoms with Gasteiger partial charge in [-0.25, -0.2) is 9.97 Å². The summed E-state index contributed by atoms with van der Waals surface area (Å²) in [6.45, 7) is 1.85. The van der Waals surface area contributed by atoms with Crippen LogP contribution in [0.3, 0.4) is 0 Å². The summed E-state index contributed by atoms with van der Waals surface area (Å²) in [5, 5.41) is 2.92. The molecular formula is C11H8N2OS. The molecule has 0 unspecified atom stereocenters. The van der Waals surface area contributed by atoms with E-state index in [1.807, 2.05) is 30.5 Å². The van der Waals surface area contributed by atoms with Crippen molar-refractivity contribution in [3.05, 3.63) is 35.7 Å². The summed E-state index contributed by atoms with van der Waals surface area (Å²) in [5.74, 6) is 0.689. The Hall–Kier alpha value is -1.68. The van der Waals surface area contributed by atoms with Crippen LogP contribution in [0.2, 0.25) is 0 Å². The third kappa shape index (κ3) is 1.34. The Morgan fingerprint density at radius 2 is 2.27 bits per heavy atom. The number of benzene rings is 1. The maximum atomic E-state index is 5.58. The second kappa shape index (κ2) is 3.17. The Balaban J connectivity index is 2.35. The summed E-state index contributed by atoms with van der Waals surface area (Å²) >= 11 is 1.60. The van der Waals surface area contributed by atoms with E-state index in [4.69, 9.17) is 4.42 Å². The van der Waals surface area contributed by atoms with Crippen LogP contribution in [0.4, 0.5) is 0 Å². The lowest BCUT2D eigenvalue weighted by Gasteiger charge is -1.95. The van der Waals surface area contributed by atoms with E-state index in [-0.39, 0.29) is 0 Å². The van der Waals surface area contributed by atoms with Crippen molar-refractivity contribution in [3.8, 4) is 10.6 Å². The quantitative estimate of drug-likeness (QED) is 0.626. The molecule has 3 rings (SSSR count). The lowest BCUT2D eigenvalue weighted by atomic mass is 10.2. The standard InChI is InChI=1S/C11H8N2OS/c1-7-13-9-4-2-3-8(10(9)14-7)11-12-5-6-15-11/h2-6H,1H3. The van der Waals surface area contributed by atoms with E-state index in [0.717, 1.165) is 21.7 Å². The van der Waals surface area contributed by atoms with Gasteiger partial charge in [-0.3, -0.25) is 0 Å². The molecule has 3 nitrogen and oxygen atoms in total. The highest BCUT2D eigenvalue weighted by atomic mass is 32.1. The summed E-state index contributed by atoms with van der Waals surface area (Å²) in [7, 11) is 0. The Bertz CT molecular complexity index is 598. The summed E-state index contributed by atoms with van der Waals surface area (Å²) in [4.78, 5) is 8.57. The highest BCUT2D eigenvalue weighted by Gasteiger charge is 2.10. The number of aryl methyl sites for hydroxylation is 1. The Labute approximate surface area is 90.4 Å². The maximum absolute atomic E-state index is 5.58. The molecule has 0 saturated heterocycles. The van der Waals surface area contributed by atoms with Gasteiger partial charge in [0.1, 0.15) is 10.5 Å². The fraction of sp³-hybridized carbons (Fsp3) is 0.0909. The van der Waals surface area contributed by atoms with Crippen molar-refractivity contribution in [1.29, 1.82) is 0 Å². The van der Waals surface area contributed by atoms with Crippen LogP contribution in [0.15, 0.2) is 34.2 Å². The van der Waals surface area contributed by atoms with Crippen molar-refractivity contribution in [2.45, 2.75) is 6.92 Å². The van der Waals surface area contributed by atoms with Gasteiger partial charge in [0.15, 0.2) is 11.5 Å². The average molecular weight is 216 g/mol. The average Bonchev–Trinajstić information content (AvgIpc) is 2.82. The molecule has 2 heterocycles. The van der Waals surface area contributed by atoms with Gasteiger partial charge in [0.05, 0.1) is 5.56 Å². The fourth-order valence-corrected chi connectivity index (χ4v) is 2.25. The summed E-state index contributed by atoms with van der Waals surface area (Å²) < 4.78 is 5.58. The molecule has 0 radical (unpaired) electrons. The van der Waals surface area contributed by atoms with Crippen molar-refractivity contribution in [2.75, 3.05) is 0 Å². The van der Waals surface area contributed by atoms with Crippen LogP contribution < -0.4 is 0 Å². The van der Waals surface area contributed by atoms with Crippen molar-refractivity contribution in [3.63, 3.8) is 0 Å². The van der Waals surface area contributed by atoms with E-state index in [1.165, 1.54) is 0 Å². The van der Waals surface area contributed by atoms with E-state index in [0.29, 0.717) is 5.89 Å². The first kappa shape index (κ1) is 8.61. The minimum atomic E-state index is 0.689. The van der Waals surface area contributed by atoms with Crippen molar-refractivity contribution in [2.24, 2.45) is 0 Å². The SMILES string of the molecule is Cc1nc2cccc(-c3nccs3)c2o1. The highest BCUT2D eigenvalue weighted by Crippen LogP contribution is 2.30. The summed E-state index contributed by atoms with van der Waals surface area (Å²) in [5.41, 5.74) is 2.73. The molecule has 0 amide bonds. The molecule has 74 valence electrons. The monoisotopic (exact) mass is 216 g/mol. The van der Waals surface area contributed by atoms with Crippen LogP contribution in [0, 0.1) is 6.92 Å². The molecule has 1 aromatic carbocycles. The zero-order valence-corrected chi connectivity index (χ0v) is 8.91. The molecule has 2 aromatic heterocycles. The van der Waals surface area contributed by atoms with E-state index in [2.05, 4.69) is 9.97 Å². The Morgan fingerprint density at radius 1 is 1.33 bits per heavy atom. The second-order valence-corrected chi connectivity index (χ2v) is 4.12. The fourth-order valence-electron chi connectivity index (χ4n) is 1.59. The van der Waals surface area contributed by atoms with Gasteiger partial charge in [-0.2, -0.15) is 0 Å². The minimum absolute atomic E-state index is 0.689. The van der Waals surface area contributed by atoms with Crippen LogP contribution in [-0.4, -0.2) is 9.97 Å². The second-order valence-electron chi connectivity index (χ2n) is 3.22. The van der Waals surface area contributed by atoms with E-state index >= 15 is 0 Å². The lowest BCUT2D eigenvalue weighted by Crippen LogP contribution is -1.76. The first-order valence-corrected chi connectivity index (χ1v) is 5.48. The minimum Gasteiger partial charge on any atom is -0.440 e. The first-order valence-electron chi connectivity index (χ1n) is 4.60. The molecule has 0 bridgehead atoms. The van der Waals surface area contributed by atoms with Crippen LogP contribution in [0.5, 0.6) is 0 Å². The number of rotatable bonds is 1. The van der Waals surface area contributed by atoms with Gasteiger partial charge in [-0.1, -0.05) is 6.07 Å². The lowest BCUT2D eigenvalue weighted by molar-refractivity contribution is 0.562. The van der Waals surface area contributed by atoms with E-state index in [9.17, 15) is 0 Å². The molecular weight excluding hydrogens is 208 g/mol. The molecule has 0 aliphatic rings. The smallest absolute Gasteiger partial charge is 0.192 e. The van der Waals surface area contributed by atoms with Crippen LogP contribution in [0.25, 0.3) is 21.7 Å². The maximum Gasteiger partial charge on any atom is 0.192 e. The van der Waals surface area contributed by atoms with E-state index in [1.54, 1.807) is 17.5 Å². The van der Waals surface area contributed by atoms with Gasteiger partial charge >= 0.3 is 0 Å². The number of fused-ring (bicyclic) bond motifs is 1. The van der Waals surface area contributed by atoms with Crippen molar-refractivity contribution < 1.29 is 4.42 Å². The predicted octanol–water partition coefficient (Wildman–Crippen LogP) is 3.26. The van der Waals surface area contributed by atoms with Crippen LogP contribution in [0.1, 0.15) is 5.89 Å². The molecule has 0 aliphatic heterocycles. The van der Waals surface area contributed by atoms with Crippen LogP contribution >= 0.6 is 11.3 Å². The van der Waals surface area contributed by atoms with Gasteiger partial charge in [0.2, 0.25) is 0 Å². The predicted molar refractivity (Wildman–Crippen MR) is 59.9 cm³/mol. The molecule has 15 heavy (non-hydrogen) atoms. The molecule has 4 heteroatoms. The zero-order chi connectivity index (χ0) is 10.3. The van der Waals surface area contributed by atoms with Crippen LogP contribution in [-0.2, 0) is 0 Å². The van der Waals surface area contributed by atoms with Gasteiger partial charge in [0.25, 0.3) is 0 Å². The number of oxazole rings is 1. The number of aromatic nitrogens is 2. The first-order chi connectivity index (χ1) is 7.34. The molecule has 3 aromatic rings. The van der Waals surface area contributed by atoms with E-state index < -0.39 is 0 Å². The number of nitrogens with zero attached hydrogens (tertiary/aromatic N) is 2. The highest BCUT2D eigenvalue weighted by molar-refractivity contribution is 7.13. The number of thiazole rings is 1. The molecule has 0 fully saturated rings. The largest absolute Gasteiger partial charge is 0.440 e. The van der Waals surface area contributed by atoms with Gasteiger partial charge < -0.3 is 4.42 Å². The number of para-hydroxylation sites is 1. The molecule has 0 N–H and O–H groups in total. The molecule has 0 atom stereocenters. The van der Waals surface area contributed by atoms with Crippen molar-refractivity contribution in [1.82, 2.24) is 9.97 Å². The van der Waals surface area contributed by atoms with Gasteiger partial charge in [-0.15, -0.1) is 11.3 Å². The third-order valence-corrected chi connectivity index (χ3v) is 2.99. The van der Waals surface area contributed by atoms with Gasteiger partial charge in [0, 0.05) is 18.5 Å². The topological polar surface area (TPSA) is 38.9 Å². The van der Waals surface area contributed by atoms with Gasteiger partial charge in [-0.05, 0) is 12.1 Å². The molecule has 0 spiro atoms. The van der Waals surface area contributed by atoms with Crippen molar-refractivity contribution >= 4 is 22.4 Å². The molecule has 0 saturated carbocycles. The summed E-state index contributed by atoms with van der Waals surface area (Å²) in [6.07, 6.45) is 1.79. The normalized spacial score (nSPS) is 11.0. The Kier molecular flexibility index (Phi) is 1.82. The zero-order valence-electron chi connectivity index (χ0n) is 8.10. The number of hydrogen-bond acceptors (Lipinski definition) is 4. The Morgan fingerprint density at radius 3 is 3.07 bits per heavy atom.